The molecule has 15 N–H and O–H groups in total. The molecule has 2 saturated carbocycles. The largest absolute Gasteiger partial charge is 0.491 e. The van der Waals surface area contributed by atoms with Gasteiger partial charge in [-0.3, -0.25) is 24.0 Å². The second kappa shape index (κ2) is 41.2. The number of halogens is 4. The van der Waals surface area contributed by atoms with Crippen LogP contribution in [0.15, 0.2) is 174 Å². The van der Waals surface area contributed by atoms with E-state index in [1.165, 1.54) is 104 Å². The summed E-state index contributed by atoms with van der Waals surface area (Å²) >= 11 is 7.67. The Kier molecular flexibility index (Phi) is 29.5. The van der Waals surface area contributed by atoms with Gasteiger partial charge in [0.2, 0.25) is 41.4 Å². The minimum Gasteiger partial charge on any atom is -0.491 e. The van der Waals surface area contributed by atoms with E-state index in [4.69, 9.17) is 52.4 Å². The molecule has 2 aliphatic rings. The second-order valence-electron chi connectivity index (χ2n) is 29.3. The summed E-state index contributed by atoms with van der Waals surface area (Å²) in [5.41, 5.74) is 37.1. The Morgan fingerprint density at radius 2 is 0.667 bits per heavy atom. The number of nitrogens with two attached hydrogens (primary N) is 5. The van der Waals surface area contributed by atoms with Gasteiger partial charge in [-0.15, -0.1) is 56.7 Å². The van der Waals surface area contributed by atoms with Crippen LogP contribution in [0, 0.1) is 6.92 Å². The minimum absolute atomic E-state index is 0.0363. The highest BCUT2D eigenvalue weighted by molar-refractivity contribution is 7.19. The molecule has 30 nitrogen and oxygen atoms in total. The molecule has 10 aromatic heterocycles. The summed E-state index contributed by atoms with van der Waals surface area (Å²) in [4.78, 5) is 99.9. The standard InChI is InChI=1S/C18H18F2N4O2S.2C18H18N4O2S.C17H16F2N4O2S.C16H16N4O2S/c1-10-8-27-15-14(10)22-9-23-17(15)24-12-4-3-11(16(21)25)7-13(12)26-6-5-18(2,19)20;2*19-17(23)11-5-6-13(15(9-11)24-12-3-1-2-4-12)22-18-16-14(7-8-25-16)20-10-21-18;1-17(18,19)5-6-25-13-8-10(15(20)24)2-3-11(13)23-16-14-12(4-7-26-14)21-9-22-16;1-9(2)22-13-7-10(15(17)21)3-4-11(13)20-16-14-12(5-6-23-14)18-8-19-16/h3-4,7-9H,5-6H2,1-2H3,(H2,21,25)(H,22,23,24);2*5-10,12H,1-4H2,(H2,19,23)(H,20,21,22);2-4,7-9H,5-6H2,1H3,(H2,20,24)(H,21,22,23);3-9H,1-2H3,(H2,17,21)(H,18,19,20). The fraction of sp³-hybridized carbons (Fsp3) is 0.253. The first-order valence-electron chi connectivity index (χ1n) is 39.5. The van der Waals surface area contributed by atoms with Crippen LogP contribution in [-0.4, -0.2) is 123 Å². The van der Waals surface area contributed by atoms with Crippen molar-refractivity contribution in [2.45, 2.75) is 129 Å². The number of rotatable bonds is 29. The summed E-state index contributed by atoms with van der Waals surface area (Å²) < 4.78 is 85.9. The van der Waals surface area contributed by atoms with Gasteiger partial charge in [0.25, 0.3) is 0 Å². The number of benzene rings is 5. The van der Waals surface area contributed by atoms with Crippen molar-refractivity contribution in [3.8, 4) is 28.7 Å². The first-order chi connectivity index (χ1) is 60.5. The van der Waals surface area contributed by atoms with Gasteiger partial charge in [-0.25, -0.2) is 67.4 Å². The monoisotopic (exact) mass is 1810 g/mol. The average Bonchev–Trinajstić information content (AvgIpc) is 1.42. The predicted octanol–water partition coefficient (Wildman–Crippen LogP) is 19.3. The molecule has 2 aliphatic carbocycles. The number of fused-ring (bicyclic) bond motifs is 5. The van der Waals surface area contributed by atoms with Gasteiger partial charge in [-0.05, 0) is 234 Å². The third kappa shape index (κ3) is 24.0. The Hall–Kier alpha value is -13.6. The molecule has 17 rings (SSSR count). The Labute approximate surface area is 738 Å². The number of anilines is 10. The lowest BCUT2D eigenvalue weighted by Crippen LogP contribution is -2.16. The molecule has 652 valence electrons. The van der Waals surface area contributed by atoms with E-state index in [1.54, 1.807) is 88.6 Å². The number of hydrogen-bond donors (Lipinski definition) is 10. The van der Waals surface area contributed by atoms with Crippen LogP contribution >= 0.6 is 56.7 Å². The lowest BCUT2D eigenvalue weighted by atomic mass is 10.1. The maximum Gasteiger partial charge on any atom is 0.248 e. The van der Waals surface area contributed by atoms with Gasteiger partial charge in [0.05, 0.1) is 111 Å². The van der Waals surface area contributed by atoms with Gasteiger partial charge < -0.3 is 78.9 Å². The van der Waals surface area contributed by atoms with Gasteiger partial charge in [-0.2, -0.15) is 0 Å². The average molecular weight is 1810 g/mol. The molecule has 0 unspecified atom stereocenters. The van der Waals surface area contributed by atoms with E-state index >= 15 is 0 Å². The summed E-state index contributed by atoms with van der Waals surface area (Å²) in [6.07, 6.45) is 15.7. The van der Waals surface area contributed by atoms with E-state index in [0.717, 1.165) is 125 Å². The van der Waals surface area contributed by atoms with Crippen molar-refractivity contribution >= 4 is 195 Å². The number of amides is 5. The molecule has 0 saturated heterocycles. The highest BCUT2D eigenvalue weighted by atomic mass is 32.1. The summed E-state index contributed by atoms with van der Waals surface area (Å²) in [5.74, 6) is -2.80. The molecule has 39 heteroatoms. The van der Waals surface area contributed by atoms with Crippen molar-refractivity contribution in [2.24, 2.45) is 28.7 Å². The lowest BCUT2D eigenvalue weighted by molar-refractivity contribution is 0.0000541. The molecule has 0 radical (unpaired) electrons. The fourth-order valence-electron chi connectivity index (χ4n) is 12.9. The molecule has 0 aliphatic heterocycles. The van der Waals surface area contributed by atoms with Crippen molar-refractivity contribution < 1.29 is 65.2 Å². The van der Waals surface area contributed by atoms with Crippen molar-refractivity contribution in [3.05, 3.63) is 207 Å². The molecule has 10 heterocycles. The number of carbonyl (C=O) groups is 5. The zero-order chi connectivity index (χ0) is 89.2. The van der Waals surface area contributed by atoms with Gasteiger partial charge in [-0.1, -0.05) is 0 Å². The number of primary amides is 5. The molecular formula is C87H86F4N20O10S5. The van der Waals surface area contributed by atoms with Crippen LogP contribution in [0.2, 0.25) is 0 Å². The first-order valence-corrected chi connectivity index (χ1v) is 43.9. The molecule has 5 aromatic carbocycles. The summed E-state index contributed by atoms with van der Waals surface area (Å²) in [5, 5.41) is 25.9. The van der Waals surface area contributed by atoms with Gasteiger partial charge >= 0.3 is 0 Å². The zero-order valence-electron chi connectivity index (χ0n) is 68.5. The third-order valence-corrected chi connectivity index (χ3v) is 24.0. The van der Waals surface area contributed by atoms with E-state index in [0.29, 0.717) is 62.8 Å². The number of thiophene rings is 5. The number of hydrogen-bond acceptors (Lipinski definition) is 30. The molecule has 2 fully saturated rings. The van der Waals surface area contributed by atoms with E-state index in [-0.39, 0.29) is 54.2 Å². The summed E-state index contributed by atoms with van der Waals surface area (Å²) in [7, 11) is 0. The van der Waals surface area contributed by atoms with E-state index in [1.807, 2.05) is 84.1 Å². The van der Waals surface area contributed by atoms with Gasteiger partial charge in [0.15, 0.2) is 29.1 Å². The van der Waals surface area contributed by atoms with E-state index in [9.17, 15) is 41.5 Å². The van der Waals surface area contributed by atoms with Gasteiger partial charge in [0.1, 0.15) is 60.4 Å². The number of ether oxygens (including phenoxy) is 5. The molecule has 0 atom stereocenters. The van der Waals surface area contributed by atoms with Crippen LogP contribution in [0.1, 0.15) is 149 Å². The second-order valence-corrected chi connectivity index (χ2v) is 33.8. The van der Waals surface area contributed by atoms with E-state index < -0.39 is 54.2 Å². The maximum atomic E-state index is 13.1. The number of carbonyl (C=O) groups excluding carboxylic acids is 5. The Morgan fingerprint density at radius 1 is 0.389 bits per heavy atom. The summed E-state index contributed by atoms with van der Waals surface area (Å²) in [6, 6.07) is 32.3. The fourth-order valence-corrected chi connectivity index (χ4v) is 17.0. The van der Waals surface area contributed by atoms with Crippen LogP contribution in [0.5, 0.6) is 28.7 Å². The van der Waals surface area contributed by atoms with E-state index in [2.05, 4.69) is 76.4 Å². The topological polar surface area (TPSA) is 451 Å². The molecule has 15 aromatic rings. The zero-order valence-corrected chi connectivity index (χ0v) is 72.5. The summed E-state index contributed by atoms with van der Waals surface area (Å²) in [6.45, 7) is 7.02. The minimum atomic E-state index is -2.85. The molecule has 126 heavy (non-hydrogen) atoms. The third-order valence-electron chi connectivity index (χ3n) is 19.3. The number of aryl methyl sites for hydroxylation is 1. The normalized spacial score (nSPS) is 12.7. The van der Waals surface area contributed by atoms with Gasteiger partial charge in [0, 0.05) is 40.7 Å². The number of aromatic nitrogens is 10. The smallest absolute Gasteiger partial charge is 0.248 e. The van der Waals surface area contributed by atoms with Crippen molar-refractivity contribution in [3.63, 3.8) is 0 Å². The van der Waals surface area contributed by atoms with Crippen molar-refractivity contribution in [1.82, 2.24) is 49.8 Å². The molecule has 0 bridgehead atoms. The SMILES string of the molecule is CC(C)Oc1cc(C(N)=O)ccc1Nc1ncnc2ccsc12.CC(F)(F)CCOc1cc(C(N)=O)ccc1Nc1ncnc2ccsc12.Cc1csc2c(Nc3ccc(C(N)=O)cc3OCCC(C)(F)F)ncnc12.NC(=O)c1ccc(Nc2ncnc3ccsc23)c(OC2CCCC2)c1.NC(=O)c1ccc(Nc2ncnc3ccsc23)c(OC2CCCC2)c1. The quantitative estimate of drug-likeness (QED) is 0.0195. The first kappa shape index (κ1) is 90.1. The maximum absolute atomic E-state index is 13.1. The number of alkyl halides is 4. The lowest BCUT2D eigenvalue weighted by Gasteiger charge is -2.18. The van der Waals surface area contributed by atoms with Crippen LogP contribution < -0.4 is 78.9 Å². The molecular weight excluding hydrogens is 1720 g/mol. The highest BCUT2D eigenvalue weighted by Gasteiger charge is 2.27. The number of nitrogens with zero attached hydrogens (tertiary/aromatic N) is 10. The van der Waals surface area contributed by atoms with Crippen molar-refractivity contribution in [1.29, 1.82) is 0 Å². The molecule has 5 amide bonds. The van der Waals surface area contributed by atoms with Crippen LogP contribution in [0.4, 0.5) is 75.1 Å². The van der Waals surface area contributed by atoms with Crippen LogP contribution in [-0.2, 0) is 0 Å². The number of nitrogens with one attached hydrogen (secondary N) is 5. The van der Waals surface area contributed by atoms with Crippen LogP contribution in [0.25, 0.3) is 51.1 Å². The highest BCUT2D eigenvalue weighted by Crippen LogP contribution is 2.42. The van der Waals surface area contributed by atoms with Crippen LogP contribution in [0.3, 0.4) is 0 Å². The predicted molar refractivity (Wildman–Crippen MR) is 486 cm³/mol. The molecule has 0 spiro atoms. The van der Waals surface area contributed by atoms with Crippen molar-refractivity contribution in [2.75, 3.05) is 39.8 Å². The Balaban J connectivity index is 0.000000135. The Bertz CT molecular complexity index is 6240. The Morgan fingerprint density at radius 3 is 0.968 bits per heavy atom.